The largest absolute Gasteiger partial charge is 0.506 e. The molecule has 2 atom stereocenters. The molecule has 78 valence electrons. The molecule has 3 N–H and O–H groups in total. The van der Waals surface area contributed by atoms with Crippen LogP contribution in [0.5, 0.6) is 5.75 Å². The molecule has 0 amide bonds. The maximum absolute atomic E-state index is 9.58. The zero-order valence-electron chi connectivity index (χ0n) is 7.47. The van der Waals surface area contributed by atoms with E-state index in [9.17, 15) is 10.2 Å². The lowest BCUT2D eigenvalue weighted by Crippen LogP contribution is -2.18. The number of aromatic hydroxyl groups is 1. The maximum atomic E-state index is 9.58. The molecule has 0 aliphatic heterocycles. The van der Waals surface area contributed by atoms with Gasteiger partial charge < -0.3 is 15.3 Å². The first-order valence-electron chi connectivity index (χ1n) is 4.21. The molecule has 0 aromatic carbocycles. The Bertz CT molecular complexity index is 295. The van der Waals surface area contributed by atoms with E-state index in [0.29, 0.717) is 12.0 Å². The molecule has 1 rings (SSSR count). The lowest BCUT2D eigenvalue weighted by Gasteiger charge is -2.16. The second-order valence-corrected chi connectivity index (χ2v) is 3.34. The van der Waals surface area contributed by atoms with Crippen LogP contribution >= 0.6 is 11.6 Å². The number of pyridine rings is 1. The minimum atomic E-state index is -1.06. The van der Waals surface area contributed by atoms with E-state index in [4.69, 9.17) is 16.7 Å². The van der Waals surface area contributed by atoms with Crippen molar-refractivity contribution in [1.82, 2.24) is 4.98 Å². The van der Waals surface area contributed by atoms with Crippen molar-refractivity contribution in [2.75, 3.05) is 5.88 Å². The van der Waals surface area contributed by atoms with Crippen molar-refractivity contribution in [2.24, 2.45) is 0 Å². The summed E-state index contributed by atoms with van der Waals surface area (Å²) in [5.74, 6) is 0.226. The quantitative estimate of drug-likeness (QED) is 0.653. The Morgan fingerprint density at radius 1 is 1.36 bits per heavy atom. The minimum Gasteiger partial charge on any atom is -0.506 e. The molecule has 1 heterocycles. The highest BCUT2D eigenvalue weighted by atomic mass is 35.5. The number of halogens is 1. The summed E-state index contributed by atoms with van der Waals surface area (Å²) in [6, 6.07) is 1.36. The normalized spacial score (nSPS) is 15.1. The SMILES string of the molecule is Oc1cncc(C(O)C(O)CCCl)c1. The first-order valence-corrected chi connectivity index (χ1v) is 4.74. The van der Waals surface area contributed by atoms with Gasteiger partial charge in [0.1, 0.15) is 11.9 Å². The molecule has 0 saturated carbocycles. The van der Waals surface area contributed by atoms with Crippen molar-refractivity contribution < 1.29 is 15.3 Å². The van der Waals surface area contributed by atoms with Crippen LogP contribution in [0.1, 0.15) is 18.1 Å². The molecule has 0 spiro atoms. The smallest absolute Gasteiger partial charge is 0.134 e. The summed E-state index contributed by atoms with van der Waals surface area (Å²) in [7, 11) is 0. The number of rotatable bonds is 4. The Hall–Kier alpha value is -0.840. The van der Waals surface area contributed by atoms with Crippen molar-refractivity contribution in [3.8, 4) is 5.75 Å². The van der Waals surface area contributed by atoms with Gasteiger partial charge in [0.25, 0.3) is 0 Å². The molecule has 5 heteroatoms. The molecule has 1 aromatic heterocycles. The summed E-state index contributed by atoms with van der Waals surface area (Å²) in [5.41, 5.74) is 0.377. The Balaban J connectivity index is 2.73. The van der Waals surface area contributed by atoms with Crippen LogP contribution in [0, 0.1) is 0 Å². The second-order valence-electron chi connectivity index (χ2n) is 2.97. The summed E-state index contributed by atoms with van der Waals surface area (Å²) < 4.78 is 0. The Morgan fingerprint density at radius 2 is 2.07 bits per heavy atom. The number of nitrogens with zero attached hydrogens (tertiary/aromatic N) is 1. The summed E-state index contributed by atoms with van der Waals surface area (Å²) in [6.07, 6.45) is 0.939. The number of aliphatic hydroxyl groups is 2. The average molecular weight is 218 g/mol. The van der Waals surface area contributed by atoms with E-state index < -0.39 is 12.2 Å². The van der Waals surface area contributed by atoms with Gasteiger partial charge in [-0.15, -0.1) is 11.6 Å². The van der Waals surface area contributed by atoms with Crippen molar-refractivity contribution in [1.29, 1.82) is 0 Å². The molecule has 1 aromatic rings. The van der Waals surface area contributed by atoms with E-state index in [1.54, 1.807) is 0 Å². The zero-order valence-corrected chi connectivity index (χ0v) is 8.22. The monoisotopic (exact) mass is 217 g/mol. The molecule has 0 fully saturated rings. The number of aromatic nitrogens is 1. The molecular formula is C9H12ClNO3. The van der Waals surface area contributed by atoms with Crippen LogP contribution in [-0.2, 0) is 0 Å². The topological polar surface area (TPSA) is 73.6 Å². The summed E-state index contributed by atoms with van der Waals surface area (Å²) >= 11 is 5.42. The van der Waals surface area contributed by atoms with Gasteiger partial charge in [0, 0.05) is 17.6 Å². The van der Waals surface area contributed by atoms with Gasteiger partial charge >= 0.3 is 0 Å². The van der Waals surface area contributed by atoms with Gasteiger partial charge in [-0.05, 0) is 12.5 Å². The first-order chi connectivity index (χ1) is 6.65. The molecule has 0 saturated heterocycles. The van der Waals surface area contributed by atoms with E-state index in [-0.39, 0.29) is 11.6 Å². The van der Waals surface area contributed by atoms with Crippen LogP contribution in [-0.4, -0.2) is 32.3 Å². The standard InChI is InChI=1S/C9H12ClNO3/c10-2-1-8(13)9(14)6-3-7(12)5-11-4-6/h3-5,8-9,12-14H,1-2H2. The number of alkyl halides is 1. The van der Waals surface area contributed by atoms with E-state index in [1.165, 1.54) is 18.5 Å². The molecule has 4 nitrogen and oxygen atoms in total. The van der Waals surface area contributed by atoms with Crippen LogP contribution in [0.2, 0.25) is 0 Å². The van der Waals surface area contributed by atoms with Gasteiger partial charge in [-0.1, -0.05) is 0 Å². The van der Waals surface area contributed by atoms with Crippen molar-refractivity contribution >= 4 is 11.6 Å². The summed E-state index contributed by atoms with van der Waals surface area (Å²) in [5, 5.41) is 28.1. The molecular weight excluding hydrogens is 206 g/mol. The lowest BCUT2D eigenvalue weighted by atomic mass is 10.0. The predicted octanol–water partition coefficient (Wildman–Crippen LogP) is 0.810. The van der Waals surface area contributed by atoms with Crippen LogP contribution in [0.3, 0.4) is 0 Å². The average Bonchev–Trinajstić information content (AvgIpc) is 2.17. The fourth-order valence-electron chi connectivity index (χ4n) is 1.10. The molecule has 14 heavy (non-hydrogen) atoms. The van der Waals surface area contributed by atoms with Gasteiger partial charge in [0.05, 0.1) is 12.3 Å². The van der Waals surface area contributed by atoms with Crippen LogP contribution in [0.15, 0.2) is 18.5 Å². The van der Waals surface area contributed by atoms with Crippen LogP contribution in [0.25, 0.3) is 0 Å². The molecule has 0 aliphatic carbocycles. The highest BCUT2D eigenvalue weighted by molar-refractivity contribution is 6.17. The fourth-order valence-corrected chi connectivity index (χ4v) is 1.32. The van der Waals surface area contributed by atoms with Gasteiger partial charge in [0.15, 0.2) is 0 Å². The van der Waals surface area contributed by atoms with Crippen LogP contribution in [0.4, 0.5) is 0 Å². The number of aliphatic hydroxyl groups excluding tert-OH is 2. The van der Waals surface area contributed by atoms with Crippen molar-refractivity contribution in [3.05, 3.63) is 24.0 Å². The number of hydrogen-bond donors (Lipinski definition) is 3. The third kappa shape index (κ3) is 2.83. The fraction of sp³-hybridized carbons (Fsp3) is 0.444. The maximum Gasteiger partial charge on any atom is 0.134 e. The molecule has 0 bridgehead atoms. The van der Waals surface area contributed by atoms with Gasteiger partial charge in [-0.2, -0.15) is 0 Å². The minimum absolute atomic E-state index is 0.0420. The molecule has 0 radical (unpaired) electrons. The van der Waals surface area contributed by atoms with Crippen molar-refractivity contribution in [2.45, 2.75) is 18.6 Å². The summed E-state index contributed by atoms with van der Waals surface area (Å²) in [4.78, 5) is 3.69. The van der Waals surface area contributed by atoms with Gasteiger partial charge in [-0.25, -0.2) is 0 Å². The van der Waals surface area contributed by atoms with Crippen LogP contribution < -0.4 is 0 Å². The zero-order chi connectivity index (χ0) is 10.6. The van der Waals surface area contributed by atoms with Gasteiger partial charge in [-0.3, -0.25) is 4.98 Å². The predicted molar refractivity (Wildman–Crippen MR) is 52.2 cm³/mol. The van der Waals surface area contributed by atoms with Crippen molar-refractivity contribution in [3.63, 3.8) is 0 Å². The third-order valence-corrected chi connectivity index (χ3v) is 2.07. The second kappa shape index (κ2) is 5.14. The Kier molecular flexibility index (Phi) is 4.13. The number of hydrogen-bond acceptors (Lipinski definition) is 4. The van der Waals surface area contributed by atoms with E-state index in [0.717, 1.165) is 0 Å². The van der Waals surface area contributed by atoms with E-state index in [1.807, 2.05) is 0 Å². The third-order valence-electron chi connectivity index (χ3n) is 1.86. The first kappa shape index (κ1) is 11.2. The Morgan fingerprint density at radius 3 is 2.64 bits per heavy atom. The molecule has 0 aliphatic rings. The highest BCUT2D eigenvalue weighted by Gasteiger charge is 2.18. The van der Waals surface area contributed by atoms with E-state index >= 15 is 0 Å². The summed E-state index contributed by atoms with van der Waals surface area (Å²) in [6.45, 7) is 0. The highest BCUT2D eigenvalue weighted by Crippen LogP contribution is 2.21. The van der Waals surface area contributed by atoms with E-state index in [2.05, 4.69) is 4.98 Å². The Labute approximate surface area is 86.8 Å². The molecule has 2 unspecified atom stereocenters. The van der Waals surface area contributed by atoms with Gasteiger partial charge in [0.2, 0.25) is 0 Å². The lowest BCUT2D eigenvalue weighted by molar-refractivity contribution is 0.0167.